The fraction of sp³-hybridized carbons (Fsp3) is 0.167. The fourth-order valence-corrected chi connectivity index (χ4v) is 1.13. The molecule has 0 saturated heterocycles. The summed E-state index contributed by atoms with van der Waals surface area (Å²) in [6, 6.07) is 9.57. The van der Waals surface area contributed by atoms with E-state index in [-0.39, 0.29) is 0 Å². The van der Waals surface area contributed by atoms with Crippen LogP contribution in [-0.2, 0) is 0 Å². The summed E-state index contributed by atoms with van der Waals surface area (Å²) in [6.45, 7) is 7.64. The van der Waals surface area contributed by atoms with Crippen molar-refractivity contribution in [1.29, 1.82) is 0 Å². The first-order valence-corrected chi connectivity index (χ1v) is 4.76. The maximum absolute atomic E-state index is 5.91. The van der Waals surface area contributed by atoms with Gasteiger partial charge in [0.25, 0.3) is 0 Å². The summed E-state index contributed by atoms with van der Waals surface area (Å²) in [4.78, 5) is 0. The van der Waals surface area contributed by atoms with Crippen molar-refractivity contribution in [2.24, 2.45) is 11.6 Å². The Bertz CT molecular complexity index is 379. The van der Waals surface area contributed by atoms with E-state index in [1.807, 2.05) is 44.2 Å². The Morgan fingerprint density at radius 1 is 1.20 bits per heavy atom. The van der Waals surface area contributed by atoms with Gasteiger partial charge in [0.2, 0.25) is 0 Å². The average molecular weight is 203 g/mol. The van der Waals surface area contributed by atoms with Gasteiger partial charge in [-0.1, -0.05) is 30.4 Å². The lowest BCUT2D eigenvalue weighted by atomic mass is 10.1. The third kappa shape index (κ3) is 2.60. The molecule has 3 nitrogen and oxygen atoms in total. The summed E-state index contributed by atoms with van der Waals surface area (Å²) in [5.74, 6) is 6.41. The van der Waals surface area contributed by atoms with Crippen LogP contribution in [0.15, 0.2) is 53.9 Å². The summed E-state index contributed by atoms with van der Waals surface area (Å²) in [5.41, 5.74) is 8.59. The molecule has 1 aromatic carbocycles. The first-order valence-electron chi connectivity index (χ1n) is 4.76. The minimum atomic E-state index is 0.522. The first kappa shape index (κ1) is 11.3. The Hall–Kier alpha value is -1.74. The number of nitrogens with zero attached hydrogens (tertiary/aromatic N) is 1. The minimum absolute atomic E-state index is 0.522. The monoisotopic (exact) mass is 203 g/mol. The van der Waals surface area contributed by atoms with E-state index in [2.05, 4.69) is 6.58 Å². The summed E-state index contributed by atoms with van der Waals surface area (Å²) < 4.78 is 0. The molecule has 15 heavy (non-hydrogen) atoms. The molecule has 1 rings (SSSR count). The molecule has 0 aliphatic heterocycles. The fourth-order valence-electron chi connectivity index (χ4n) is 1.13. The molecule has 0 unspecified atom stereocenters. The van der Waals surface area contributed by atoms with Crippen LogP contribution >= 0.6 is 0 Å². The van der Waals surface area contributed by atoms with Crippen LogP contribution in [0.4, 0.5) is 5.69 Å². The molecule has 0 heterocycles. The molecule has 0 saturated carbocycles. The van der Waals surface area contributed by atoms with E-state index < -0.39 is 0 Å². The molecule has 0 amide bonds. The molecule has 4 N–H and O–H groups in total. The summed E-state index contributed by atoms with van der Waals surface area (Å²) >= 11 is 0. The third-order valence-electron chi connectivity index (χ3n) is 2.32. The van der Waals surface area contributed by atoms with Gasteiger partial charge in [-0.3, -0.25) is 5.01 Å². The molecule has 0 spiro atoms. The lowest BCUT2D eigenvalue weighted by Crippen LogP contribution is -2.35. The SMILES string of the molecule is C=C(C)/C(C)=C(\N)N(N)c1ccccc1. The molecule has 0 aliphatic carbocycles. The van der Waals surface area contributed by atoms with Crippen LogP contribution in [0.1, 0.15) is 13.8 Å². The Morgan fingerprint density at radius 2 is 1.73 bits per heavy atom. The van der Waals surface area contributed by atoms with Gasteiger partial charge in [-0.2, -0.15) is 0 Å². The standard InChI is InChI=1S/C12H17N3/c1-9(2)10(3)12(13)15(14)11-7-5-4-6-8-11/h4-8H,1,13-14H2,2-3H3/b12-10+. The number of hydrazine groups is 1. The van der Waals surface area contributed by atoms with Gasteiger partial charge in [0.05, 0.1) is 5.69 Å². The second-order valence-electron chi connectivity index (χ2n) is 3.50. The first-order chi connectivity index (χ1) is 7.04. The maximum Gasteiger partial charge on any atom is 0.121 e. The third-order valence-corrected chi connectivity index (χ3v) is 2.32. The molecule has 0 fully saturated rings. The highest BCUT2D eigenvalue weighted by molar-refractivity contribution is 5.51. The van der Waals surface area contributed by atoms with Crippen molar-refractivity contribution in [2.75, 3.05) is 5.01 Å². The second-order valence-corrected chi connectivity index (χ2v) is 3.50. The van der Waals surface area contributed by atoms with Gasteiger partial charge >= 0.3 is 0 Å². The maximum atomic E-state index is 5.91. The Kier molecular flexibility index (Phi) is 3.52. The molecule has 0 bridgehead atoms. The predicted octanol–water partition coefficient (Wildman–Crippen LogP) is 2.13. The smallest absolute Gasteiger partial charge is 0.121 e. The van der Waals surface area contributed by atoms with Crippen LogP contribution in [0.3, 0.4) is 0 Å². The van der Waals surface area contributed by atoms with Crippen LogP contribution < -0.4 is 16.6 Å². The minimum Gasteiger partial charge on any atom is -0.384 e. The number of hydrogen-bond acceptors (Lipinski definition) is 3. The van der Waals surface area contributed by atoms with Gasteiger partial charge in [-0.15, -0.1) is 0 Å². The van der Waals surface area contributed by atoms with Crippen LogP contribution in [0.5, 0.6) is 0 Å². The Labute approximate surface area is 90.7 Å². The average Bonchev–Trinajstić information content (AvgIpc) is 2.27. The molecule has 3 heteroatoms. The van der Waals surface area contributed by atoms with Crippen molar-refractivity contribution in [3.05, 3.63) is 53.9 Å². The van der Waals surface area contributed by atoms with Gasteiger partial charge in [-0.05, 0) is 31.6 Å². The molecule has 0 atom stereocenters. The van der Waals surface area contributed by atoms with E-state index >= 15 is 0 Å². The highest BCUT2D eigenvalue weighted by atomic mass is 15.4. The number of rotatable bonds is 3. The molecule has 1 aromatic rings. The lowest BCUT2D eigenvalue weighted by molar-refractivity contribution is 0.951. The highest BCUT2D eigenvalue weighted by Gasteiger charge is 2.07. The Balaban J connectivity index is 3.01. The van der Waals surface area contributed by atoms with Crippen LogP contribution in [0.2, 0.25) is 0 Å². The zero-order valence-electron chi connectivity index (χ0n) is 9.20. The van der Waals surface area contributed by atoms with E-state index in [1.165, 1.54) is 5.01 Å². The molecular weight excluding hydrogens is 186 g/mol. The summed E-state index contributed by atoms with van der Waals surface area (Å²) in [5, 5.41) is 1.46. The topological polar surface area (TPSA) is 55.3 Å². The van der Waals surface area contributed by atoms with Gasteiger partial charge in [0, 0.05) is 0 Å². The van der Waals surface area contributed by atoms with Crippen molar-refractivity contribution >= 4 is 5.69 Å². The number of hydrogen-bond donors (Lipinski definition) is 2. The van der Waals surface area contributed by atoms with Crippen molar-refractivity contribution in [1.82, 2.24) is 0 Å². The normalized spacial score (nSPS) is 11.9. The lowest BCUT2D eigenvalue weighted by Gasteiger charge is -2.21. The van der Waals surface area contributed by atoms with Crippen molar-refractivity contribution in [3.8, 4) is 0 Å². The van der Waals surface area contributed by atoms with E-state index in [4.69, 9.17) is 11.6 Å². The number of allylic oxidation sites excluding steroid dienone is 2. The molecule has 0 aliphatic rings. The number of nitrogens with two attached hydrogens (primary N) is 2. The summed E-state index contributed by atoms with van der Waals surface area (Å²) in [6.07, 6.45) is 0. The van der Waals surface area contributed by atoms with Crippen molar-refractivity contribution < 1.29 is 0 Å². The van der Waals surface area contributed by atoms with E-state index in [1.54, 1.807) is 0 Å². The van der Waals surface area contributed by atoms with Crippen LogP contribution in [0, 0.1) is 0 Å². The molecule has 80 valence electrons. The van der Waals surface area contributed by atoms with Crippen LogP contribution in [0.25, 0.3) is 0 Å². The highest BCUT2D eigenvalue weighted by Crippen LogP contribution is 2.16. The van der Waals surface area contributed by atoms with Gasteiger partial charge in [-0.25, -0.2) is 5.84 Å². The largest absolute Gasteiger partial charge is 0.384 e. The molecule has 0 aromatic heterocycles. The second kappa shape index (κ2) is 4.66. The van der Waals surface area contributed by atoms with E-state index in [0.717, 1.165) is 16.8 Å². The predicted molar refractivity (Wildman–Crippen MR) is 64.8 cm³/mol. The number of anilines is 1. The number of para-hydroxylation sites is 1. The van der Waals surface area contributed by atoms with Gasteiger partial charge in [0.1, 0.15) is 5.82 Å². The van der Waals surface area contributed by atoms with Crippen molar-refractivity contribution in [2.45, 2.75) is 13.8 Å². The van der Waals surface area contributed by atoms with Gasteiger partial charge < -0.3 is 5.73 Å². The van der Waals surface area contributed by atoms with Gasteiger partial charge in [0.15, 0.2) is 0 Å². The van der Waals surface area contributed by atoms with E-state index in [9.17, 15) is 0 Å². The molecule has 0 radical (unpaired) electrons. The molecular formula is C12H17N3. The quantitative estimate of drug-likeness (QED) is 0.449. The van der Waals surface area contributed by atoms with E-state index in [0.29, 0.717) is 5.82 Å². The Morgan fingerprint density at radius 3 is 2.20 bits per heavy atom. The zero-order valence-corrected chi connectivity index (χ0v) is 9.20. The summed E-state index contributed by atoms with van der Waals surface area (Å²) in [7, 11) is 0. The van der Waals surface area contributed by atoms with Crippen molar-refractivity contribution in [3.63, 3.8) is 0 Å². The number of benzene rings is 1. The van der Waals surface area contributed by atoms with Crippen LogP contribution in [-0.4, -0.2) is 0 Å². The zero-order chi connectivity index (χ0) is 11.4.